The molecule has 0 aliphatic carbocycles. The molecule has 3 heteroatoms. The van der Waals surface area contributed by atoms with E-state index < -0.39 is 0 Å². The van der Waals surface area contributed by atoms with Crippen molar-refractivity contribution < 1.29 is 5.11 Å². The molecule has 0 spiro atoms. The summed E-state index contributed by atoms with van der Waals surface area (Å²) in [5.41, 5.74) is 2.25. The van der Waals surface area contributed by atoms with Gasteiger partial charge in [0.15, 0.2) is 0 Å². The van der Waals surface area contributed by atoms with Crippen molar-refractivity contribution in [2.24, 2.45) is 5.92 Å². The van der Waals surface area contributed by atoms with Crippen molar-refractivity contribution in [2.45, 2.75) is 32.2 Å². The Balaban J connectivity index is 1.42. The predicted octanol–water partition coefficient (Wildman–Crippen LogP) is 4.67. The summed E-state index contributed by atoms with van der Waals surface area (Å²) in [5.74, 6) is 1.12. The molecule has 1 aliphatic heterocycles. The van der Waals surface area contributed by atoms with Crippen LogP contribution in [0.15, 0.2) is 54.6 Å². The SMILES string of the molecule is CC(c1ccccc1)N1CCC(CCNc2ccccc2O)CC1. The molecule has 2 N–H and O–H groups in total. The molecule has 1 atom stereocenters. The fourth-order valence-corrected chi connectivity index (χ4v) is 3.61. The average Bonchev–Trinajstić information content (AvgIpc) is 2.64. The molecule has 128 valence electrons. The number of piperidine rings is 1. The van der Waals surface area contributed by atoms with Crippen LogP contribution < -0.4 is 5.32 Å². The highest BCUT2D eigenvalue weighted by Gasteiger charge is 2.23. The molecular weight excluding hydrogens is 296 g/mol. The third-order valence-corrected chi connectivity index (χ3v) is 5.25. The zero-order valence-electron chi connectivity index (χ0n) is 14.5. The first kappa shape index (κ1) is 16.8. The molecule has 3 rings (SSSR count). The number of aromatic hydroxyl groups is 1. The summed E-state index contributed by atoms with van der Waals surface area (Å²) >= 11 is 0. The minimum atomic E-state index is 0.337. The number of rotatable bonds is 6. The Labute approximate surface area is 145 Å². The molecule has 1 heterocycles. The zero-order valence-corrected chi connectivity index (χ0v) is 14.5. The fourth-order valence-electron chi connectivity index (χ4n) is 3.61. The maximum absolute atomic E-state index is 9.78. The molecule has 1 aliphatic rings. The van der Waals surface area contributed by atoms with Gasteiger partial charge in [0.25, 0.3) is 0 Å². The van der Waals surface area contributed by atoms with Crippen molar-refractivity contribution in [2.75, 3.05) is 25.0 Å². The number of phenolic OH excluding ortho intramolecular Hbond substituents is 1. The van der Waals surface area contributed by atoms with Crippen molar-refractivity contribution in [3.63, 3.8) is 0 Å². The van der Waals surface area contributed by atoms with Gasteiger partial charge in [-0.25, -0.2) is 0 Å². The van der Waals surface area contributed by atoms with Crippen molar-refractivity contribution in [3.8, 4) is 5.75 Å². The summed E-state index contributed by atoms with van der Waals surface area (Å²) in [6.45, 7) is 5.60. The Bertz CT molecular complexity index is 621. The number of anilines is 1. The van der Waals surface area contributed by atoms with Gasteiger partial charge in [0.2, 0.25) is 0 Å². The second-order valence-electron chi connectivity index (χ2n) is 6.80. The number of phenols is 1. The number of hydrogen-bond acceptors (Lipinski definition) is 3. The van der Waals surface area contributed by atoms with Crippen LogP contribution in [0.2, 0.25) is 0 Å². The summed E-state index contributed by atoms with van der Waals surface area (Å²) in [6.07, 6.45) is 3.70. The van der Waals surface area contributed by atoms with E-state index in [1.54, 1.807) is 6.07 Å². The first-order valence-electron chi connectivity index (χ1n) is 9.05. The lowest BCUT2D eigenvalue weighted by molar-refractivity contribution is 0.139. The average molecular weight is 324 g/mol. The predicted molar refractivity (Wildman–Crippen MR) is 100 cm³/mol. The lowest BCUT2D eigenvalue weighted by Gasteiger charge is -2.36. The molecular formula is C21H28N2O. The van der Waals surface area contributed by atoms with Crippen molar-refractivity contribution >= 4 is 5.69 Å². The summed E-state index contributed by atoms with van der Waals surface area (Å²) in [6, 6.07) is 18.8. The maximum atomic E-state index is 9.78. The number of para-hydroxylation sites is 2. The molecule has 3 nitrogen and oxygen atoms in total. The minimum Gasteiger partial charge on any atom is -0.506 e. The molecule has 0 amide bonds. The van der Waals surface area contributed by atoms with Gasteiger partial charge in [0.05, 0.1) is 5.69 Å². The Morgan fingerprint density at radius 1 is 1.04 bits per heavy atom. The van der Waals surface area contributed by atoms with Crippen LogP contribution in [0.25, 0.3) is 0 Å². The topological polar surface area (TPSA) is 35.5 Å². The van der Waals surface area contributed by atoms with Gasteiger partial charge in [-0.1, -0.05) is 42.5 Å². The molecule has 2 aromatic carbocycles. The monoisotopic (exact) mass is 324 g/mol. The molecule has 1 fully saturated rings. The summed E-state index contributed by atoms with van der Waals surface area (Å²) in [7, 11) is 0. The number of hydrogen-bond donors (Lipinski definition) is 2. The molecule has 24 heavy (non-hydrogen) atoms. The van der Waals surface area contributed by atoms with Gasteiger partial charge in [0.1, 0.15) is 5.75 Å². The number of nitrogens with one attached hydrogen (secondary N) is 1. The van der Waals surface area contributed by atoms with E-state index in [4.69, 9.17) is 0 Å². The van der Waals surface area contributed by atoms with Crippen LogP contribution in [0, 0.1) is 5.92 Å². The number of likely N-dealkylation sites (tertiary alicyclic amines) is 1. The molecule has 0 radical (unpaired) electrons. The molecule has 2 aromatic rings. The van der Waals surface area contributed by atoms with Crippen molar-refractivity contribution in [1.29, 1.82) is 0 Å². The van der Waals surface area contributed by atoms with E-state index in [1.165, 1.54) is 37.9 Å². The minimum absolute atomic E-state index is 0.337. The van der Waals surface area contributed by atoms with Gasteiger partial charge in [-0.05, 0) is 62.9 Å². The molecule has 0 saturated carbocycles. The Kier molecular flexibility index (Phi) is 5.76. The van der Waals surface area contributed by atoms with Crippen LogP contribution in [0.1, 0.15) is 37.8 Å². The fraction of sp³-hybridized carbons (Fsp3) is 0.429. The van der Waals surface area contributed by atoms with Crippen LogP contribution >= 0.6 is 0 Å². The van der Waals surface area contributed by atoms with Crippen molar-refractivity contribution in [1.82, 2.24) is 4.90 Å². The van der Waals surface area contributed by atoms with Gasteiger partial charge in [-0.15, -0.1) is 0 Å². The largest absolute Gasteiger partial charge is 0.506 e. The molecule has 1 unspecified atom stereocenters. The summed E-state index contributed by atoms with van der Waals surface area (Å²) in [4.78, 5) is 2.60. The van der Waals surface area contributed by atoms with E-state index in [9.17, 15) is 5.11 Å². The van der Waals surface area contributed by atoms with E-state index in [0.717, 1.165) is 18.2 Å². The Hall–Kier alpha value is -2.00. The summed E-state index contributed by atoms with van der Waals surface area (Å²) < 4.78 is 0. The molecule has 1 saturated heterocycles. The van der Waals surface area contributed by atoms with Crippen LogP contribution in [-0.2, 0) is 0 Å². The van der Waals surface area contributed by atoms with Crippen LogP contribution in [0.4, 0.5) is 5.69 Å². The standard InChI is InChI=1S/C21H28N2O/c1-17(19-7-3-2-4-8-19)23-15-12-18(13-16-23)11-14-22-20-9-5-6-10-21(20)24/h2-10,17-18,22,24H,11-16H2,1H3. The zero-order chi connectivity index (χ0) is 16.8. The van der Waals surface area contributed by atoms with Crippen LogP contribution in [0.3, 0.4) is 0 Å². The van der Waals surface area contributed by atoms with E-state index in [-0.39, 0.29) is 0 Å². The maximum Gasteiger partial charge on any atom is 0.138 e. The second-order valence-corrected chi connectivity index (χ2v) is 6.80. The highest BCUT2D eigenvalue weighted by atomic mass is 16.3. The van der Waals surface area contributed by atoms with E-state index in [0.29, 0.717) is 11.8 Å². The van der Waals surface area contributed by atoms with Gasteiger partial charge < -0.3 is 10.4 Å². The van der Waals surface area contributed by atoms with Gasteiger partial charge in [-0.3, -0.25) is 4.90 Å². The van der Waals surface area contributed by atoms with Gasteiger partial charge in [-0.2, -0.15) is 0 Å². The third kappa shape index (κ3) is 4.30. The molecule has 0 aromatic heterocycles. The Morgan fingerprint density at radius 3 is 2.42 bits per heavy atom. The van der Waals surface area contributed by atoms with Gasteiger partial charge in [0, 0.05) is 12.6 Å². The molecule has 0 bridgehead atoms. The van der Waals surface area contributed by atoms with Crippen molar-refractivity contribution in [3.05, 3.63) is 60.2 Å². The quantitative estimate of drug-likeness (QED) is 0.758. The lowest BCUT2D eigenvalue weighted by Crippen LogP contribution is -2.36. The van der Waals surface area contributed by atoms with E-state index >= 15 is 0 Å². The van der Waals surface area contributed by atoms with E-state index in [1.807, 2.05) is 18.2 Å². The Morgan fingerprint density at radius 2 is 1.71 bits per heavy atom. The first-order chi connectivity index (χ1) is 11.7. The van der Waals surface area contributed by atoms with Crippen LogP contribution in [-0.4, -0.2) is 29.6 Å². The summed E-state index contributed by atoms with van der Waals surface area (Å²) in [5, 5.41) is 13.1. The highest BCUT2D eigenvalue weighted by molar-refractivity contribution is 5.55. The highest BCUT2D eigenvalue weighted by Crippen LogP contribution is 2.28. The van der Waals surface area contributed by atoms with Crippen LogP contribution in [0.5, 0.6) is 5.75 Å². The first-order valence-corrected chi connectivity index (χ1v) is 9.05. The number of nitrogens with zero attached hydrogens (tertiary/aromatic N) is 1. The third-order valence-electron chi connectivity index (χ3n) is 5.25. The lowest BCUT2D eigenvalue weighted by atomic mass is 9.92. The van der Waals surface area contributed by atoms with Gasteiger partial charge >= 0.3 is 0 Å². The van der Waals surface area contributed by atoms with E-state index in [2.05, 4.69) is 47.5 Å². The smallest absolute Gasteiger partial charge is 0.138 e. The number of benzene rings is 2. The second kappa shape index (κ2) is 8.20. The normalized spacial score (nSPS) is 17.5.